The Kier molecular flexibility index (Phi) is 9.87. The van der Waals surface area contributed by atoms with E-state index in [1.54, 1.807) is 19.5 Å². The van der Waals surface area contributed by atoms with Crippen molar-refractivity contribution in [3.63, 3.8) is 0 Å². The van der Waals surface area contributed by atoms with Gasteiger partial charge in [-0.05, 0) is 61.5 Å². The second-order valence-electron chi connectivity index (χ2n) is 13.2. The topological polar surface area (TPSA) is 124 Å². The molecule has 242 valence electrons. The van der Waals surface area contributed by atoms with Crippen LogP contribution in [0.2, 0.25) is 5.02 Å². The lowest BCUT2D eigenvalue weighted by atomic mass is 9.83. The summed E-state index contributed by atoms with van der Waals surface area (Å²) in [5, 5.41) is 4.45. The molecular weight excluding hydrogens is 594 g/mol. The van der Waals surface area contributed by atoms with Gasteiger partial charge in [0.1, 0.15) is 5.69 Å². The molecule has 1 aliphatic carbocycles. The van der Waals surface area contributed by atoms with Gasteiger partial charge in [0.05, 0.1) is 35.0 Å². The molecule has 12 heteroatoms. The quantitative estimate of drug-likeness (QED) is 0.180. The number of methoxy groups -OCH3 is 1. The number of fused-ring (bicyclic) bond motifs is 1. The lowest BCUT2D eigenvalue weighted by Gasteiger charge is -2.31. The van der Waals surface area contributed by atoms with Crippen LogP contribution in [-0.4, -0.2) is 69.2 Å². The number of pyridine rings is 2. The van der Waals surface area contributed by atoms with Gasteiger partial charge in [-0.2, -0.15) is 0 Å². The first-order chi connectivity index (χ1) is 21.8. The van der Waals surface area contributed by atoms with Gasteiger partial charge in [0.25, 0.3) is 0 Å². The van der Waals surface area contributed by atoms with Gasteiger partial charge >= 0.3 is 5.76 Å². The molecule has 0 spiro atoms. The third-order valence-corrected chi connectivity index (χ3v) is 9.71. The summed E-state index contributed by atoms with van der Waals surface area (Å²) in [6.07, 6.45) is 10.3. The first kappa shape index (κ1) is 31.7. The van der Waals surface area contributed by atoms with E-state index in [0.29, 0.717) is 53.4 Å². The normalized spacial score (nSPS) is 22.2. The fraction of sp³-hybridized carbons (Fsp3) is 0.606. The Morgan fingerprint density at radius 3 is 2.62 bits per heavy atom. The fourth-order valence-electron chi connectivity index (χ4n) is 7.03. The summed E-state index contributed by atoms with van der Waals surface area (Å²) in [5.41, 5.74) is 3.67. The smallest absolute Gasteiger partial charge is 0.382 e. The van der Waals surface area contributed by atoms with Crippen LogP contribution in [0, 0.1) is 23.7 Å². The average molecular weight is 638 g/mol. The van der Waals surface area contributed by atoms with Crippen molar-refractivity contribution >= 4 is 28.6 Å². The molecule has 0 amide bonds. The van der Waals surface area contributed by atoms with Gasteiger partial charge in [0.2, 0.25) is 11.8 Å². The van der Waals surface area contributed by atoms with Crippen molar-refractivity contribution in [1.82, 2.24) is 29.7 Å². The van der Waals surface area contributed by atoms with Crippen molar-refractivity contribution in [1.29, 1.82) is 0 Å². The van der Waals surface area contributed by atoms with Gasteiger partial charge in [0, 0.05) is 50.8 Å². The number of nitrogens with one attached hydrogen (secondary N) is 1. The molecule has 45 heavy (non-hydrogen) atoms. The van der Waals surface area contributed by atoms with E-state index in [0.717, 1.165) is 61.0 Å². The monoisotopic (exact) mass is 637 g/mol. The molecular formula is C33H44ClN7O4. The Labute approximate surface area is 268 Å². The Hall–Kier alpha value is -3.28. The number of H-pyrrole nitrogens is 1. The van der Waals surface area contributed by atoms with Gasteiger partial charge in [-0.1, -0.05) is 50.4 Å². The van der Waals surface area contributed by atoms with Gasteiger partial charge in [-0.15, -0.1) is 0 Å². The van der Waals surface area contributed by atoms with E-state index in [1.807, 2.05) is 12.1 Å². The zero-order valence-electron chi connectivity index (χ0n) is 26.7. The Balaban J connectivity index is 1.47. The molecule has 4 aromatic rings. The van der Waals surface area contributed by atoms with Crippen LogP contribution in [0.3, 0.4) is 0 Å². The van der Waals surface area contributed by atoms with Crippen LogP contribution < -0.4 is 10.7 Å². The molecule has 4 aromatic heterocycles. The van der Waals surface area contributed by atoms with Crippen LogP contribution in [0.1, 0.15) is 59.3 Å². The Bertz CT molecular complexity index is 1640. The summed E-state index contributed by atoms with van der Waals surface area (Å²) in [4.78, 5) is 31.8. The second-order valence-corrected chi connectivity index (χ2v) is 13.6. The number of hydrogen-bond acceptors (Lipinski definition) is 9. The van der Waals surface area contributed by atoms with Crippen LogP contribution in [0.4, 0.5) is 5.95 Å². The van der Waals surface area contributed by atoms with Crippen molar-refractivity contribution in [3.8, 4) is 22.8 Å². The van der Waals surface area contributed by atoms with E-state index in [4.69, 9.17) is 35.6 Å². The molecule has 0 bridgehead atoms. The van der Waals surface area contributed by atoms with Gasteiger partial charge in [-0.25, -0.2) is 14.8 Å². The minimum absolute atomic E-state index is 0.255. The first-order valence-corrected chi connectivity index (χ1v) is 16.6. The van der Waals surface area contributed by atoms with E-state index >= 15 is 0 Å². The molecule has 1 aliphatic heterocycles. The van der Waals surface area contributed by atoms with Gasteiger partial charge in [0.15, 0.2) is 0 Å². The van der Waals surface area contributed by atoms with E-state index in [1.165, 1.54) is 25.7 Å². The van der Waals surface area contributed by atoms with Crippen molar-refractivity contribution < 1.29 is 14.0 Å². The minimum atomic E-state index is -0.635. The van der Waals surface area contributed by atoms with Crippen molar-refractivity contribution in [2.75, 3.05) is 38.4 Å². The molecule has 5 heterocycles. The standard InChI is InChI=1S/C33H44ClN7O4/c1-20(2)28-13-23(9-10-44-12-11-43-4)19-40(28)32-37-26-15-27(31-38-33(42)45-39-31)36-29(24-14-25(34)17-35-16-24)30(26)41(32)18-22-7-5-21(3)6-8-22/h14-17,20-23,28H,5-13,18-19H2,1-4H3,(H,38,39,42). The molecule has 0 aromatic carbocycles. The van der Waals surface area contributed by atoms with Crippen molar-refractivity contribution in [3.05, 3.63) is 40.1 Å². The summed E-state index contributed by atoms with van der Waals surface area (Å²) in [6, 6.07) is 4.11. The molecule has 2 unspecified atom stereocenters. The summed E-state index contributed by atoms with van der Waals surface area (Å²) >= 11 is 6.45. The lowest BCUT2D eigenvalue weighted by molar-refractivity contribution is 0.0645. The van der Waals surface area contributed by atoms with Crippen molar-refractivity contribution in [2.45, 2.75) is 71.9 Å². The van der Waals surface area contributed by atoms with Crippen molar-refractivity contribution in [2.24, 2.45) is 23.7 Å². The SMILES string of the molecule is COCCOCCC1CC(C(C)C)N(c2nc3cc(-c4noc(=O)[nH]4)nc(-c4cncc(Cl)c4)c3n2CC2CCC(C)CC2)C1. The maximum absolute atomic E-state index is 11.9. The Morgan fingerprint density at radius 2 is 1.91 bits per heavy atom. The third-order valence-electron chi connectivity index (χ3n) is 9.50. The number of imidazole rings is 1. The highest BCUT2D eigenvalue weighted by atomic mass is 35.5. The maximum Gasteiger partial charge on any atom is 0.439 e. The number of halogens is 1. The second kappa shape index (κ2) is 14.0. The highest BCUT2D eigenvalue weighted by Crippen LogP contribution is 2.40. The molecule has 6 rings (SSSR count). The molecule has 2 fully saturated rings. The molecule has 11 nitrogen and oxygen atoms in total. The van der Waals surface area contributed by atoms with Crippen LogP contribution in [0.15, 0.2) is 33.8 Å². The summed E-state index contributed by atoms with van der Waals surface area (Å²) in [6.45, 7) is 10.7. The van der Waals surface area contributed by atoms with Crippen LogP contribution >= 0.6 is 11.6 Å². The van der Waals surface area contributed by atoms with Gasteiger partial charge in [-0.3, -0.25) is 14.5 Å². The maximum atomic E-state index is 11.9. The number of hydrogen-bond donors (Lipinski definition) is 1. The fourth-order valence-corrected chi connectivity index (χ4v) is 7.21. The average Bonchev–Trinajstić information content (AvgIpc) is 3.75. The number of aromatic amines is 1. The molecule has 2 atom stereocenters. The number of nitrogens with zero attached hydrogens (tertiary/aromatic N) is 6. The zero-order valence-corrected chi connectivity index (χ0v) is 27.4. The van der Waals surface area contributed by atoms with Gasteiger partial charge < -0.3 is 18.9 Å². The molecule has 0 radical (unpaired) electrons. The Morgan fingerprint density at radius 1 is 1.09 bits per heavy atom. The lowest BCUT2D eigenvalue weighted by Crippen LogP contribution is -2.36. The third kappa shape index (κ3) is 7.10. The van der Waals surface area contributed by atoms with E-state index in [2.05, 4.69) is 45.4 Å². The van der Waals surface area contributed by atoms with Crippen LogP contribution in [0.5, 0.6) is 0 Å². The molecule has 2 aliphatic rings. The van der Waals surface area contributed by atoms with Crippen LogP contribution in [-0.2, 0) is 16.0 Å². The van der Waals surface area contributed by atoms with E-state index in [9.17, 15) is 4.79 Å². The number of ether oxygens (including phenoxy) is 2. The predicted molar refractivity (Wildman–Crippen MR) is 174 cm³/mol. The number of anilines is 1. The van der Waals surface area contributed by atoms with E-state index in [-0.39, 0.29) is 5.82 Å². The highest BCUT2D eigenvalue weighted by molar-refractivity contribution is 6.30. The molecule has 1 saturated heterocycles. The number of aromatic nitrogens is 6. The summed E-state index contributed by atoms with van der Waals surface area (Å²) < 4.78 is 18.2. The minimum Gasteiger partial charge on any atom is -0.382 e. The summed E-state index contributed by atoms with van der Waals surface area (Å²) in [7, 11) is 1.70. The van der Waals surface area contributed by atoms with E-state index < -0.39 is 5.76 Å². The largest absolute Gasteiger partial charge is 0.439 e. The van der Waals surface area contributed by atoms with Crippen LogP contribution in [0.25, 0.3) is 33.8 Å². The predicted octanol–water partition coefficient (Wildman–Crippen LogP) is 6.22. The molecule has 1 saturated carbocycles. The first-order valence-electron chi connectivity index (χ1n) is 16.2. The number of rotatable bonds is 12. The summed E-state index contributed by atoms with van der Waals surface area (Å²) in [5.74, 6) is 2.83. The molecule has 1 N–H and O–H groups in total. The highest BCUT2D eigenvalue weighted by Gasteiger charge is 2.37. The zero-order chi connectivity index (χ0) is 31.5.